The summed E-state index contributed by atoms with van der Waals surface area (Å²) in [6.45, 7) is 0. The third-order valence-electron chi connectivity index (χ3n) is 3.77. The normalized spacial score (nSPS) is 17.0. The zero-order valence-electron chi connectivity index (χ0n) is 13.0. The van der Waals surface area contributed by atoms with E-state index >= 15 is 0 Å². The number of aromatic nitrogens is 1. The number of benzene rings is 2. The number of amidine groups is 1. The maximum Gasteiger partial charge on any atom is 0.198 e. The van der Waals surface area contributed by atoms with Gasteiger partial charge in [0, 0.05) is 29.3 Å². The minimum absolute atomic E-state index is 0.203. The fraction of sp³-hybridized carbons (Fsp3) is 0.0556. The van der Waals surface area contributed by atoms with Crippen LogP contribution in [0.3, 0.4) is 0 Å². The van der Waals surface area contributed by atoms with E-state index in [0.29, 0.717) is 28.4 Å². The molecule has 0 saturated carbocycles. The van der Waals surface area contributed by atoms with Crippen LogP contribution in [0.1, 0.15) is 5.56 Å². The van der Waals surface area contributed by atoms with Crippen molar-refractivity contribution in [1.29, 1.82) is 0 Å². The molecule has 0 bridgehead atoms. The van der Waals surface area contributed by atoms with E-state index in [-0.39, 0.29) is 5.52 Å². The lowest BCUT2D eigenvalue weighted by Gasteiger charge is -2.20. The van der Waals surface area contributed by atoms with Crippen LogP contribution in [0.5, 0.6) is 5.75 Å². The summed E-state index contributed by atoms with van der Waals surface area (Å²) in [5, 5.41) is 3.38. The summed E-state index contributed by atoms with van der Waals surface area (Å²) in [5.74, 6) is 0.0685. The predicted octanol–water partition coefficient (Wildman–Crippen LogP) is 3.00. The van der Waals surface area contributed by atoms with E-state index < -0.39 is 17.8 Å². The molecule has 5 nitrogen and oxygen atoms in total. The molecule has 0 aliphatic carbocycles. The molecule has 0 fully saturated rings. The molecule has 3 aromatic rings. The Balaban J connectivity index is 1.67. The van der Waals surface area contributed by atoms with Gasteiger partial charge in [-0.15, -0.1) is 0 Å². The zero-order valence-corrected chi connectivity index (χ0v) is 13.0. The van der Waals surface area contributed by atoms with Crippen molar-refractivity contribution in [1.82, 2.24) is 10.3 Å². The molecule has 0 radical (unpaired) electrons. The molecule has 1 aliphatic heterocycles. The number of ether oxygens (including phenoxy) is 1. The average Bonchev–Trinajstić information content (AvgIpc) is 2.99. The highest BCUT2D eigenvalue weighted by Crippen LogP contribution is 2.24. The maximum absolute atomic E-state index is 13.9. The summed E-state index contributed by atoms with van der Waals surface area (Å²) < 4.78 is 33.2. The predicted molar refractivity (Wildman–Crippen MR) is 91.0 cm³/mol. The van der Waals surface area contributed by atoms with E-state index in [4.69, 9.17) is 10.5 Å². The third-order valence-corrected chi connectivity index (χ3v) is 3.77. The lowest BCUT2D eigenvalue weighted by Crippen LogP contribution is -2.35. The maximum atomic E-state index is 13.9. The minimum Gasteiger partial charge on any atom is -0.441 e. The second-order valence-electron chi connectivity index (χ2n) is 5.55. The molecule has 1 aliphatic rings. The largest absolute Gasteiger partial charge is 0.441 e. The quantitative estimate of drug-likeness (QED) is 0.686. The highest BCUT2D eigenvalue weighted by atomic mass is 19.1. The molecule has 4 N–H and O–H groups in total. The summed E-state index contributed by atoms with van der Waals surface area (Å²) in [6.07, 6.45) is 2.53. The van der Waals surface area contributed by atoms with Crippen LogP contribution in [0, 0.1) is 11.6 Å². The van der Waals surface area contributed by atoms with Crippen LogP contribution in [0.2, 0.25) is 0 Å². The number of rotatable bonds is 3. The lowest BCUT2D eigenvalue weighted by atomic mass is 10.1. The topological polar surface area (TPSA) is 75.4 Å². The standard InChI is InChI=1S/C18H14F2N4O/c19-10-6-12-13(9-22-17(12)14(20)7-10)18-23-15(21)8-16(24-18)25-11-4-2-1-3-5-11/h1-9,15,22H,21H2,(H,23,24). The Labute approximate surface area is 141 Å². The van der Waals surface area contributed by atoms with Gasteiger partial charge in [-0.05, 0) is 18.2 Å². The first kappa shape index (κ1) is 15.3. The number of halogens is 2. The number of nitrogens with zero attached hydrogens (tertiary/aromatic N) is 1. The Morgan fingerprint density at radius 2 is 1.92 bits per heavy atom. The summed E-state index contributed by atoms with van der Waals surface area (Å²) >= 11 is 0. The van der Waals surface area contributed by atoms with Crippen molar-refractivity contribution in [2.45, 2.75) is 6.17 Å². The number of aromatic amines is 1. The molecule has 2 heterocycles. The number of nitrogens with one attached hydrogen (secondary N) is 2. The average molecular weight is 340 g/mol. The third kappa shape index (κ3) is 2.97. The molecule has 0 amide bonds. The molecule has 126 valence electrons. The highest BCUT2D eigenvalue weighted by molar-refractivity contribution is 6.10. The van der Waals surface area contributed by atoms with Crippen LogP contribution in [0.25, 0.3) is 10.9 Å². The Hall–Kier alpha value is -3.19. The number of hydrogen-bond acceptors (Lipinski definition) is 4. The first-order chi connectivity index (χ1) is 12.1. The van der Waals surface area contributed by atoms with E-state index in [1.54, 1.807) is 24.4 Å². The fourth-order valence-corrected chi connectivity index (χ4v) is 2.69. The fourth-order valence-electron chi connectivity index (χ4n) is 2.69. The number of fused-ring (bicyclic) bond motifs is 1. The van der Waals surface area contributed by atoms with Crippen LogP contribution < -0.4 is 15.8 Å². The van der Waals surface area contributed by atoms with Gasteiger partial charge in [0.15, 0.2) is 5.88 Å². The van der Waals surface area contributed by atoms with Gasteiger partial charge in [-0.25, -0.2) is 13.8 Å². The first-order valence-electron chi connectivity index (χ1n) is 7.62. The molecule has 1 aromatic heterocycles. The van der Waals surface area contributed by atoms with E-state index in [1.165, 1.54) is 6.07 Å². The van der Waals surface area contributed by atoms with E-state index in [2.05, 4.69) is 15.3 Å². The molecular weight excluding hydrogens is 326 g/mol. The van der Waals surface area contributed by atoms with Crippen molar-refractivity contribution in [2.24, 2.45) is 10.7 Å². The van der Waals surface area contributed by atoms with Gasteiger partial charge in [0.25, 0.3) is 0 Å². The van der Waals surface area contributed by atoms with Crippen LogP contribution in [0.15, 0.2) is 65.6 Å². The molecule has 0 saturated heterocycles. The van der Waals surface area contributed by atoms with Crippen molar-refractivity contribution in [3.05, 3.63) is 77.8 Å². The Kier molecular flexibility index (Phi) is 3.70. The molecule has 4 rings (SSSR count). The van der Waals surface area contributed by atoms with Crippen molar-refractivity contribution >= 4 is 16.7 Å². The molecule has 25 heavy (non-hydrogen) atoms. The zero-order chi connectivity index (χ0) is 17.4. The molecule has 2 aromatic carbocycles. The Morgan fingerprint density at radius 3 is 2.72 bits per heavy atom. The van der Waals surface area contributed by atoms with Crippen LogP contribution in [-0.4, -0.2) is 17.0 Å². The number of H-pyrrole nitrogens is 1. The number of aliphatic imine (C=N–C) groups is 1. The monoisotopic (exact) mass is 340 g/mol. The van der Waals surface area contributed by atoms with Gasteiger partial charge >= 0.3 is 0 Å². The SMILES string of the molecule is NC1C=C(Oc2ccccc2)NC(c2c[nH]c3c(F)cc(F)cc23)=N1. The van der Waals surface area contributed by atoms with Crippen LogP contribution in [0.4, 0.5) is 8.78 Å². The Bertz CT molecular complexity index is 995. The summed E-state index contributed by atoms with van der Waals surface area (Å²) in [4.78, 5) is 7.08. The molecule has 1 atom stereocenters. The molecule has 7 heteroatoms. The highest BCUT2D eigenvalue weighted by Gasteiger charge is 2.20. The van der Waals surface area contributed by atoms with Gasteiger partial charge in [0.2, 0.25) is 0 Å². The van der Waals surface area contributed by atoms with Gasteiger partial charge in [-0.1, -0.05) is 18.2 Å². The summed E-state index contributed by atoms with van der Waals surface area (Å²) in [7, 11) is 0. The molecule has 1 unspecified atom stereocenters. The molecular formula is C18H14F2N4O. The van der Waals surface area contributed by atoms with Crippen molar-refractivity contribution in [3.8, 4) is 5.75 Å². The number of nitrogens with two attached hydrogens (primary N) is 1. The van der Waals surface area contributed by atoms with Crippen molar-refractivity contribution < 1.29 is 13.5 Å². The Morgan fingerprint density at radius 1 is 1.12 bits per heavy atom. The minimum atomic E-state index is -0.668. The molecule has 0 spiro atoms. The van der Waals surface area contributed by atoms with Gasteiger partial charge in [0.05, 0.1) is 5.52 Å². The number of hydrogen-bond donors (Lipinski definition) is 3. The van der Waals surface area contributed by atoms with Gasteiger partial charge in [0.1, 0.15) is 29.4 Å². The van der Waals surface area contributed by atoms with E-state index in [9.17, 15) is 8.78 Å². The second-order valence-corrected chi connectivity index (χ2v) is 5.55. The van der Waals surface area contributed by atoms with Gasteiger partial charge in [-0.3, -0.25) is 0 Å². The number of para-hydroxylation sites is 1. The van der Waals surface area contributed by atoms with Crippen LogP contribution >= 0.6 is 0 Å². The summed E-state index contributed by atoms with van der Waals surface area (Å²) in [6, 6.07) is 11.2. The van der Waals surface area contributed by atoms with Gasteiger partial charge < -0.3 is 20.8 Å². The first-order valence-corrected chi connectivity index (χ1v) is 7.62. The lowest BCUT2D eigenvalue weighted by molar-refractivity contribution is 0.395. The van der Waals surface area contributed by atoms with Gasteiger partial charge in [-0.2, -0.15) is 0 Å². The van der Waals surface area contributed by atoms with E-state index in [0.717, 1.165) is 6.07 Å². The summed E-state index contributed by atoms with van der Waals surface area (Å²) in [5.41, 5.74) is 6.65. The second kappa shape index (κ2) is 6.03. The van der Waals surface area contributed by atoms with Crippen LogP contribution in [-0.2, 0) is 0 Å². The van der Waals surface area contributed by atoms with Crippen molar-refractivity contribution in [3.63, 3.8) is 0 Å². The van der Waals surface area contributed by atoms with Crippen molar-refractivity contribution in [2.75, 3.05) is 0 Å². The van der Waals surface area contributed by atoms with E-state index in [1.807, 2.05) is 18.2 Å². The smallest absolute Gasteiger partial charge is 0.198 e.